The van der Waals surface area contributed by atoms with Crippen molar-refractivity contribution < 1.29 is 23.1 Å². The minimum atomic E-state index is -4.43. The van der Waals surface area contributed by atoms with Gasteiger partial charge < -0.3 is 10.0 Å². The first-order valence-electron chi connectivity index (χ1n) is 7.97. The van der Waals surface area contributed by atoms with Gasteiger partial charge >= 0.3 is 6.18 Å². The molecule has 7 heteroatoms. The van der Waals surface area contributed by atoms with E-state index < -0.39 is 17.3 Å². The largest absolute Gasteiger partial charge is 0.416 e. The first-order valence-corrected chi connectivity index (χ1v) is 7.97. The molecule has 134 valence electrons. The van der Waals surface area contributed by atoms with Crippen molar-refractivity contribution in [1.29, 1.82) is 0 Å². The molecule has 1 saturated heterocycles. The van der Waals surface area contributed by atoms with Crippen LogP contribution in [0.2, 0.25) is 0 Å². The van der Waals surface area contributed by atoms with Crippen molar-refractivity contribution in [3.05, 3.63) is 35.4 Å². The minimum absolute atomic E-state index is 0.0153. The number of alkyl halides is 3. The molecule has 1 aliphatic heterocycles. The Bertz CT molecular complexity index is 587. The van der Waals surface area contributed by atoms with Crippen LogP contribution in [0, 0.1) is 0 Å². The van der Waals surface area contributed by atoms with E-state index >= 15 is 0 Å². The molecule has 0 radical (unpaired) electrons. The lowest BCUT2D eigenvalue weighted by Crippen LogP contribution is -2.41. The van der Waals surface area contributed by atoms with Gasteiger partial charge in [0, 0.05) is 39.6 Å². The minimum Gasteiger partial charge on any atom is -0.384 e. The quantitative estimate of drug-likeness (QED) is 0.916. The van der Waals surface area contributed by atoms with Gasteiger partial charge in [-0.25, -0.2) is 0 Å². The number of carbonyl (C=O) groups excluding carboxylic acids is 1. The highest BCUT2D eigenvalue weighted by Gasteiger charge is 2.33. The van der Waals surface area contributed by atoms with Crippen LogP contribution >= 0.6 is 0 Å². The van der Waals surface area contributed by atoms with Crippen molar-refractivity contribution in [2.24, 2.45) is 0 Å². The summed E-state index contributed by atoms with van der Waals surface area (Å²) in [5.74, 6) is 0.0153. The van der Waals surface area contributed by atoms with Gasteiger partial charge in [0.05, 0.1) is 11.2 Å². The fourth-order valence-corrected chi connectivity index (χ4v) is 3.00. The molecular formula is C17H23F3N2O2. The van der Waals surface area contributed by atoms with Crippen molar-refractivity contribution in [2.75, 3.05) is 32.7 Å². The third-order valence-corrected chi connectivity index (χ3v) is 4.38. The second-order valence-corrected chi connectivity index (χ2v) is 6.49. The molecule has 1 fully saturated rings. The highest BCUT2D eigenvalue weighted by Crippen LogP contribution is 2.32. The number of hydrogen-bond acceptors (Lipinski definition) is 3. The Hall–Kier alpha value is -1.60. The maximum Gasteiger partial charge on any atom is 0.416 e. The van der Waals surface area contributed by atoms with E-state index in [0.29, 0.717) is 26.2 Å². The van der Waals surface area contributed by atoms with Crippen molar-refractivity contribution in [2.45, 2.75) is 32.0 Å². The topological polar surface area (TPSA) is 43.8 Å². The Morgan fingerprint density at radius 1 is 1.17 bits per heavy atom. The van der Waals surface area contributed by atoms with E-state index in [-0.39, 0.29) is 18.0 Å². The van der Waals surface area contributed by atoms with E-state index in [0.717, 1.165) is 18.6 Å². The monoisotopic (exact) mass is 344 g/mol. The summed E-state index contributed by atoms with van der Waals surface area (Å²) in [5, 5.41) is 10.7. The number of nitrogens with zero attached hydrogens (tertiary/aromatic N) is 2. The van der Waals surface area contributed by atoms with Crippen LogP contribution in [-0.4, -0.2) is 53.5 Å². The first kappa shape index (κ1) is 18.7. The van der Waals surface area contributed by atoms with Crippen molar-refractivity contribution >= 4 is 5.91 Å². The predicted molar refractivity (Wildman–Crippen MR) is 84.3 cm³/mol. The zero-order chi connectivity index (χ0) is 18.0. The normalized spacial score (nSPS) is 19.7. The zero-order valence-electron chi connectivity index (χ0n) is 13.9. The van der Waals surface area contributed by atoms with Gasteiger partial charge in [-0.1, -0.05) is 12.1 Å². The molecular weight excluding hydrogens is 321 g/mol. The van der Waals surface area contributed by atoms with Crippen LogP contribution in [-0.2, 0) is 16.6 Å². The Labute approximate surface area is 139 Å². The molecule has 1 aliphatic rings. The number of hydrogen-bond donors (Lipinski definition) is 1. The molecule has 0 aromatic heterocycles. The lowest BCUT2D eigenvalue weighted by atomic mass is 9.93. The molecule has 1 aromatic rings. The van der Waals surface area contributed by atoms with E-state index in [1.54, 1.807) is 4.90 Å². The zero-order valence-corrected chi connectivity index (χ0v) is 13.9. The molecule has 1 aromatic carbocycles. The summed E-state index contributed by atoms with van der Waals surface area (Å²) in [6.45, 7) is 5.78. The Kier molecular flexibility index (Phi) is 5.55. The molecule has 1 heterocycles. The number of rotatable bonds is 3. The van der Waals surface area contributed by atoms with E-state index in [1.807, 2.05) is 4.90 Å². The molecule has 1 amide bonds. The number of benzene rings is 1. The van der Waals surface area contributed by atoms with Crippen molar-refractivity contribution in [3.8, 4) is 0 Å². The fourth-order valence-electron chi connectivity index (χ4n) is 3.00. The number of β-amino-alcohol motifs (C(OH)–C–C–N with tert-alkyl or cyclic N) is 1. The van der Waals surface area contributed by atoms with Crippen LogP contribution < -0.4 is 0 Å². The fraction of sp³-hybridized carbons (Fsp3) is 0.588. The summed E-state index contributed by atoms with van der Waals surface area (Å²) < 4.78 is 38.6. The summed E-state index contributed by atoms with van der Waals surface area (Å²) in [6.07, 6.45) is -3.66. The molecule has 24 heavy (non-hydrogen) atoms. The molecule has 0 saturated carbocycles. The SMILES string of the molecule is CC(=O)N1CCCN(C[C@@](C)(O)c2cccc(C(F)(F)F)c2)CC1. The van der Waals surface area contributed by atoms with Gasteiger partial charge in [0.15, 0.2) is 0 Å². The van der Waals surface area contributed by atoms with Crippen LogP contribution in [0.25, 0.3) is 0 Å². The average Bonchev–Trinajstić information content (AvgIpc) is 2.72. The third-order valence-electron chi connectivity index (χ3n) is 4.38. The molecule has 2 rings (SSSR count). The lowest BCUT2D eigenvalue weighted by Gasteiger charge is -2.31. The highest BCUT2D eigenvalue weighted by molar-refractivity contribution is 5.73. The summed E-state index contributed by atoms with van der Waals surface area (Å²) in [5.41, 5.74) is -1.92. The van der Waals surface area contributed by atoms with E-state index in [2.05, 4.69) is 0 Å². The maximum atomic E-state index is 12.9. The molecule has 0 unspecified atom stereocenters. The van der Waals surface area contributed by atoms with Gasteiger partial charge in [0.25, 0.3) is 0 Å². The van der Waals surface area contributed by atoms with Gasteiger partial charge in [0.2, 0.25) is 5.91 Å². The predicted octanol–water partition coefficient (Wildman–Crippen LogP) is 2.47. The molecule has 4 nitrogen and oxygen atoms in total. The van der Waals surface area contributed by atoms with Crippen LogP contribution in [0.3, 0.4) is 0 Å². The number of carbonyl (C=O) groups is 1. The smallest absolute Gasteiger partial charge is 0.384 e. The van der Waals surface area contributed by atoms with E-state index in [4.69, 9.17) is 0 Å². The van der Waals surface area contributed by atoms with Crippen LogP contribution in [0.15, 0.2) is 24.3 Å². The van der Waals surface area contributed by atoms with Gasteiger partial charge in [-0.05, 0) is 31.0 Å². The number of amides is 1. The molecule has 0 spiro atoms. The van der Waals surface area contributed by atoms with Gasteiger partial charge in [-0.3, -0.25) is 9.69 Å². The maximum absolute atomic E-state index is 12.9. The highest BCUT2D eigenvalue weighted by atomic mass is 19.4. The summed E-state index contributed by atoms with van der Waals surface area (Å²) in [4.78, 5) is 15.2. The summed E-state index contributed by atoms with van der Waals surface area (Å²) in [6, 6.07) is 4.82. The summed E-state index contributed by atoms with van der Waals surface area (Å²) in [7, 11) is 0. The van der Waals surface area contributed by atoms with Gasteiger partial charge in [-0.2, -0.15) is 13.2 Å². The van der Waals surface area contributed by atoms with Crippen LogP contribution in [0.1, 0.15) is 31.4 Å². The van der Waals surface area contributed by atoms with E-state index in [9.17, 15) is 23.1 Å². The second kappa shape index (κ2) is 7.11. The first-order chi connectivity index (χ1) is 11.1. The lowest BCUT2D eigenvalue weighted by molar-refractivity contribution is -0.137. The van der Waals surface area contributed by atoms with Crippen molar-refractivity contribution in [3.63, 3.8) is 0 Å². The van der Waals surface area contributed by atoms with Gasteiger partial charge in [0.1, 0.15) is 0 Å². The Morgan fingerprint density at radius 3 is 2.46 bits per heavy atom. The Morgan fingerprint density at radius 2 is 1.83 bits per heavy atom. The molecule has 0 aliphatic carbocycles. The summed E-state index contributed by atoms with van der Waals surface area (Å²) >= 11 is 0. The molecule has 1 N–H and O–H groups in total. The molecule has 1 atom stereocenters. The Balaban J connectivity index is 2.09. The van der Waals surface area contributed by atoms with Gasteiger partial charge in [-0.15, -0.1) is 0 Å². The number of halogens is 3. The van der Waals surface area contributed by atoms with E-state index in [1.165, 1.54) is 26.0 Å². The third kappa shape index (κ3) is 4.70. The standard InChI is InChI=1S/C17H23F3N2O2/c1-13(23)22-8-4-7-21(9-10-22)12-16(2,24)14-5-3-6-15(11-14)17(18,19)20/h3,5-6,11,24H,4,7-10,12H2,1-2H3/t16-/m1/s1. The van der Waals surface area contributed by atoms with Crippen LogP contribution in [0.5, 0.6) is 0 Å². The second-order valence-electron chi connectivity index (χ2n) is 6.49. The van der Waals surface area contributed by atoms with Crippen molar-refractivity contribution in [1.82, 2.24) is 9.80 Å². The average molecular weight is 344 g/mol. The molecule has 0 bridgehead atoms. The van der Waals surface area contributed by atoms with Crippen LogP contribution in [0.4, 0.5) is 13.2 Å². The number of aliphatic hydroxyl groups is 1.